The molecule has 0 bridgehead atoms. The highest BCUT2D eigenvalue weighted by Gasteiger charge is 2.34. The van der Waals surface area contributed by atoms with Crippen LogP contribution in [0.4, 0.5) is 49.4 Å². The van der Waals surface area contributed by atoms with Gasteiger partial charge in [0, 0.05) is 61.8 Å². The maximum absolute atomic E-state index is 13.3. The zero-order chi connectivity index (χ0) is 64.5. The van der Waals surface area contributed by atoms with Crippen LogP contribution in [-0.4, -0.2) is 140 Å². The third-order valence-electron chi connectivity index (χ3n) is 15.3. The van der Waals surface area contributed by atoms with Crippen LogP contribution in [-0.2, 0) is 44.3 Å². The lowest BCUT2D eigenvalue weighted by Crippen LogP contribution is -2.38. The lowest BCUT2D eigenvalue weighted by molar-refractivity contribution is -0.138. The summed E-state index contributed by atoms with van der Waals surface area (Å²) in [5.74, 6) is 1.11. The van der Waals surface area contributed by atoms with E-state index in [9.17, 15) is 35.9 Å². The summed E-state index contributed by atoms with van der Waals surface area (Å²) < 4.78 is 105. The number of halogens is 7. The van der Waals surface area contributed by atoms with Gasteiger partial charge in [0.15, 0.2) is 11.3 Å². The number of benzene rings is 6. The van der Waals surface area contributed by atoms with Gasteiger partial charge in [-0.15, -0.1) is 0 Å². The number of aryl methyl sites for hydroxylation is 1. The molecule has 20 nitrogen and oxygen atoms in total. The Morgan fingerprint density at radius 2 is 0.946 bits per heavy atom. The van der Waals surface area contributed by atoms with Gasteiger partial charge in [0.05, 0.1) is 77.6 Å². The van der Waals surface area contributed by atoms with Gasteiger partial charge in [-0.1, -0.05) is 29.8 Å². The Morgan fingerprint density at radius 3 is 1.36 bits per heavy atom. The zero-order valence-corrected chi connectivity index (χ0v) is 50.2. The molecule has 2 aliphatic rings. The van der Waals surface area contributed by atoms with E-state index in [1.165, 1.54) is 37.8 Å². The van der Waals surface area contributed by atoms with Gasteiger partial charge < -0.3 is 41.0 Å². The predicted octanol–water partition coefficient (Wildman–Crippen LogP) is 10.9. The van der Waals surface area contributed by atoms with Crippen molar-refractivity contribution in [2.24, 2.45) is 0 Å². The standard InChI is InChI=1S/C33H32F3N7O3.C32H29ClF3N7O3/c1-21-2-3-22(18-27(21)33(34,35)36)19-28(44)40-24-6-8-25(9-7-24)43-32-29(31(37)38-20-39-32)30(41-43)23-4-10-26(11-5-23)46-17-14-42-12-15-45-16-13-42;33-26-10-1-20(17-25(26)32(34,35)36)18-27(44)40-22-4-6-23(7-5-22)43-31-28(30(37)38-19-39-31)29(41-43)21-2-8-24(9-3-21)46-16-13-42-11-14-45-15-12-42/h2-11,18,20H,12-17,19H2,1H3,(H,40,44)(H2,37,38,39);1-10,17,19H,11-16,18H2,(H,40,44)(H2,37,38,39). The van der Waals surface area contributed by atoms with Crippen LogP contribution in [0.2, 0.25) is 5.02 Å². The molecule has 27 heteroatoms. The summed E-state index contributed by atoms with van der Waals surface area (Å²) in [4.78, 5) is 47.1. The van der Waals surface area contributed by atoms with Crippen LogP contribution in [0.5, 0.6) is 11.5 Å². The van der Waals surface area contributed by atoms with E-state index in [0.717, 1.165) is 107 Å². The Balaban J connectivity index is 0.000000188. The Morgan fingerprint density at radius 1 is 0.543 bits per heavy atom. The van der Waals surface area contributed by atoms with Crippen molar-refractivity contribution in [3.05, 3.63) is 179 Å². The number of nitrogens with two attached hydrogens (primary N) is 2. The predicted molar refractivity (Wildman–Crippen MR) is 336 cm³/mol. The summed E-state index contributed by atoms with van der Waals surface area (Å²) >= 11 is 5.69. The monoisotopic (exact) mass is 1280 g/mol. The molecule has 0 aliphatic carbocycles. The van der Waals surface area contributed by atoms with Crippen molar-refractivity contribution in [3.8, 4) is 45.4 Å². The number of carbonyl (C=O) groups is 2. The molecule has 6 heterocycles. The number of aromatic nitrogens is 8. The maximum Gasteiger partial charge on any atom is 0.417 e. The van der Waals surface area contributed by atoms with Crippen LogP contribution >= 0.6 is 11.6 Å². The van der Waals surface area contributed by atoms with Gasteiger partial charge in [-0.2, -0.15) is 36.5 Å². The normalized spacial score (nSPS) is 14.0. The summed E-state index contributed by atoms with van der Waals surface area (Å²) in [6.07, 6.45) is -6.84. The topological polar surface area (TPSA) is 241 Å². The van der Waals surface area contributed by atoms with E-state index in [1.54, 1.807) is 57.9 Å². The van der Waals surface area contributed by atoms with Crippen LogP contribution in [0, 0.1) is 6.92 Å². The SMILES string of the molecule is Cc1ccc(CC(=O)Nc2ccc(-n3nc(-c4ccc(OCCN5CCOCC5)cc4)c4c(N)ncnc43)cc2)cc1C(F)(F)F.Nc1ncnc2c1c(-c1ccc(OCCN3CCOCC3)cc1)nn2-c1ccc(NC(=O)Cc2ccc(Cl)c(C(F)(F)F)c2)cc1. The first-order chi connectivity index (χ1) is 44.3. The highest BCUT2D eigenvalue weighted by Crippen LogP contribution is 2.38. The van der Waals surface area contributed by atoms with E-state index >= 15 is 0 Å². The van der Waals surface area contributed by atoms with E-state index in [4.69, 9.17) is 52.2 Å². The smallest absolute Gasteiger partial charge is 0.417 e. The number of anilines is 4. The number of fused-ring (bicyclic) bond motifs is 2. The van der Waals surface area contributed by atoms with Crippen LogP contribution in [0.15, 0.2) is 146 Å². The van der Waals surface area contributed by atoms with E-state index in [2.05, 4.69) is 40.4 Å². The summed E-state index contributed by atoms with van der Waals surface area (Å²) in [5.41, 5.74) is 17.4. The number of nitrogens with one attached hydrogen (secondary N) is 2. The molecule has 476 valence electrons. The number of nitrogens with zero attached hydrogens (tertiary/aromatic N) is 10. The second-order valence-corrected chi connectivity index (χ2v) is 22.0. The number of morpholine rings is 2. The van der Waals surface area contributed by atoms with Crippen molar-refractivity contribution >= 4 is 68.5 Å². The number of nitrogen functional groups attached to an aromatic ring is 2. The van der Waals surface area contributed by atoms with Gasteiger partial charge in [0.1, 0.15) is 60.4 Å². The summed E-state index contributed by atoms with van der Waals surface area (Å²) in [5, 5.41) is 15.8. The highest BCUT2D eigenvalue weighted by molar-refractivity contribution is 6.31. The Bertz CT molecular complexity index is 3950. The molecule has 0 radical (unpaired) electrons. The summed E-state index contributed by atoms with van der Waals surface area (Å²) in [6.45, 7) is 10.8. The summed E-state index contributed by atoms with van der Waals surface area (Å²) in [6, 6.07) is 36.1. The molecular weight excluding hydrogens is 1220 g/mol. The first kappa shape index (κ1) is 63.8. The molecule has 2 aliphatic heterocycles. The van der Waals surface area contributed by atoms with E-state index in [1.807, 2.05) is 48.5 Å². The van der Waals surface area contributed by atoms with Crippen LogP contribution < -0.4 is 31.6 Å². The molecule has 0 unspecified atom stereocenters. The minimum absolute atomic E-state index is 0.106. The van der Waals surface area contributed by atoms with Crippen molar-refractivity contribution in [2.75, 3.05) is 101 Å². The molecule has 4 aromatic heterocycles. The largest absolute Gasteiger partial charge is 0.492 e. The Hall–Kier alpha value is -9.73. The molecule has 2 fully saturated rings. The van der Waals surface area contributed by atoms with Crippen LogP contribution in [0.3, 0.4) is 0 Å². The first-order valence-corrected chi connectivity index (χ1v) is 29.6. The first-order valence-electron chi connectivity index (χ1n) is 29.2. The molecule has 12 rings (SSSR count). The number of amides is 2. The number of hydrogen-bond donors (Lipinski definition) is 4. The lowest BCUT2D eigenvalue weighted by Gasteiger charge is -2.26. The fourth-order valence-corrected chi connectivity index (χ4v) is 10.7. The molecule has 10 aromatic rings. The van der Waals surface area contributed by atoms with Crippen molar-refractivity contribution in [2.45, 2.75) is 32.1 Å². The molecular formula is C65H61ClF6N14O6. The zero-order valence-electron chi connectivity index (χ0n) is 49.5. The van der Waals surface area contributed by atoms with Crippen molar-refractivity contribution in [3.63, 3.8) is 0 Å². The Labute approximate surface area is 528 Å². The number of ether oxygens (including phenoxy) is 4. The van der Waals surface area contributed by atoms with Gasteiger partial charge in [0.2, 0.25) is 11.8 Å². The minimum atomic E-state index is -4.62. The van der Waals surface area contributed by atoms with Gasteiger partial charge in [-0.3, -0.25) is 19.4 Å². The average molecular weight is 1280 g/mol. The lowest BCUT2D eigenvalue weighted by atomic mass is 10.0. The molecule has 0 saturated carbocycles. The third kappa shape index (κ3) is 15.5. The van der Waals surface area contributed by atoms with Crippen LogP contribution in [0.1, 0.15) is 27.8 Å². The van der Waals surface area contributed by atoms with Crippen molar-refractivity contribution < 1.29 is 54.9 Å². The maximum atomic E-state index is 13.3. The van der Waals surface area contributed by atoms with Gasteiger partial charge in [-0.25, -0.2) is 29.3 Å². The molecule has 0 spiro atoms. The van der Waals surface area contributed by atoms with Gasteiger partial charge >= 0.3 is 12.4 Å². The molecule has 92 heavy (non-hydrogen) atoms. The fraction of sp³-hybridized carbons (Fsp3) is 0.262. The van der Waals surface area contributed by atoms with Crippen LogP contribution in [0.25, 0.3) is 56.0 Å². The number of rotatable bonds is 18. The minimum Gasteiger partial charge on any atom is -0.492 e. The number of carbonyl (C=O) groups excluding carboxylic acids is 2. The molecule has 2 saturated heterocycles. The molecule has 2 amide bonds. The van der Waals surface area contributed by atoms with E-state index < -0.39 is 40.3 Å². The number of alkyl halides is 6. The second-order valence-electron chi connectivity index (χ2n) is 21.6. The third-order valence-corrected chi connectivity index (χ3v) is 15.6. The van der Waals surface area contributed by atoms with Crippen molar-refractivity contribution in [1.82, 2.24) is 49.3 Å². The molecule has 6 aromatic carbocycles. The quantitative estimate of drug-likeness (QED) is 0.0584. The molecule has 6 N–H and O–H groups in total. The molecule has 0 atom stereocenters. The van der Waals surface area contributed by atoms with E-state index in [-0.39, 0.29) is 41.2 Å². The Kier molecular flexibility index (Phi) is 19.6. The summed E-state index contributed by atoms with van der Waals surface area (Å²) in [7, 11) is 0. The second kappa shape index (κ2) is 28.2. The number of hydrogen-bond acceptors (Lipinski definition) is 16. The fourth-order valence-electron chi connectivity index (χ4n) is 10.5. The van der Waals surface area contributed by atoms with Gasteiger partial charge in [-0.05, 0) is 139 Å². The van der Waals surface area contributed by atoms with E-state index in [0.29, 0.717) is 69.4 Å². The van der Waals surface area contributed by atoms with Crippen molar-refractivity contribution in [1.29, 1.82) is 0 Å². The van der Waals surface area contributed by atoms with Gasteiger partial charge in [0.25, 0.3) is 0 Å². The average Bonchev–Trinajstić information content (AvgIpc) is 1.63. The highest BCUT2D eigenvalue weighted by atomic mass is 35.5.